The van der Waals surface area contributed by atoms with Gasteiger partial charge in [-0.15, -0.1) is 0 Å². The number of nitrogens with zero attached hydrogens (tertiary/aromatic N) is 1. The van der Waals surface area contributed by atoms with Gasteiger partial charge in [-0.2, -0.15) is 5.10 Å². The van der Waals surface area contributed by atoms with Crippen molar-refractivity contribution in [3.05, 3.63) is 57.6 Å². The van der Waals surface area contributed by atoms with Gasteiger partial charge in [0.2, 0.25) is 5.96 Å². The second kappa shape index (κ2) is 8.42. The van der Waals surface area contributed by atoms with Gasteiger partial charge in [0.15, 0.2) is 0 Å². The lowest BCUT2D eigenvalue weighted by atomic mass is 10.2. The quantitative estimate of drug-likeness (QED) is 0.415. The molecule has 0 aliphatic heterocycles. The van der Waals surface area contributed by atoms with Gasteiger partial charge in [0, 0.05) is 11.1 Å². The van der Waals surface area contributed by atoms with Gasteiger partial charge in [-0.3, -0.25) is 5.41 Å². The molecule has 0 saturated carbocycles. The SMILES string of the molecule is COc1cccc(COc2cccc(/C=N/NC(=N)N)c2Cl)c1Cl. The van der Waals surface area contributed by atoms with E-state index in [-0.39, 0.29) is 12.6 Å². The zero-order valence-corrected chi connectivity index (χ0v) is 14.4. The number of methoxy groups -OCH3 is 1. The lowest BCUT2D eigenvalue weighted by Crippen LogP contribution is -2.25. The fourth-order valence-corrected chi connectivity index (χ4v) is 2.38. The van der Waals surface area contributed by atoms with Gasteiger partial charge >= 0.3 is 0 Å². The molecule has 4 N–H and O–H groups in total. The van der Waals surface area contributed by atoms with E-state index in [4.69, 9.17) is 43.8 Å². The van der Waals surface area contributed by atoms with E-state index in [9.17, 15) is 0 Å². The lowest BCUT2D eigenvalue weighted by Gasteiger charge is -2.12. The zero-order valence-electron chi connectivity index (χ0n) is 12.8. The number of nitrogens with two attached hydrogens (primary N) is 1. The number of rotatable bonds is 6. The first-order chi connectivity index (χ1) is 11.5. The summed E-state index contributed by atoms with van der Waals surface area (Å²) in [5, 5.41) is 11.7. The summed E-state index contributed by atoms with van der Waals surface area (Å²) in [6.07, 6.45) is 1.45. The maximum absolute atomic E-state index is 7.04. The molecule has 0 aliphatic carbocycles. The summed E-state index contributed by atoms with van der Waals surface area (Å²) >= 11 is 12.5. The van der Waals surface area contributed by atoms with Crippen molar-refractivity contribution in [3.8, 4) is 11.5 Å². The van der Waals surface area contributed by atoms with Gasteiger partial charge in [-0.25, -0.2) is 5.43 Å². The number of benzene rings is 2. The molecule has 0 unspecified atom stereocenters. The van der Waals surface area contributed by atoms with Crippen LogP contribution in [0.4, 0.5) is 0 Å². The van der Waals surface area contributed by atoms with Crippen molar-refractivity contribution < 1.29 is 9.47 Å². The average molecular weight is 367 g/mol. The van der Waals surface area contributed by atoms with E-state index < -0.39 is 0 Å². The second-order valence-corrected chi connectivity index (χ2v) is 5.42. The van der Waals surface area contributed by atoms with Crippen molar-refractivity contribution >= 4 is 35.4 Å². The van der Waals surface area contributed by atoms with Crippen LogP contribution < -0.4 is 20.6 Å². The number of guanidine groups is 1. The molecule has 0 radical (unpaired) electrons. The number of ether oxygens (including phenoxy) is 2. The monoisotopic (exact) mass is 366 g/mol. The van der Waals surface area contributed by atoms with Crippen LogP contribution in [0.5, 0.6) is 11.5 Å². The largest absolute Gasteiger partial charge is 0.495 e. The number of hydrazone groups is 1. The number of hydrogen-bond donors (Lipinski definition) is 3. The van der Waals surface area contributed by atoms with Crippen LogP contribution in [-0.2, 0) is 6.61 Å². The second-order valence-electron chi connectivity index (χ2n) is 4.67. The Labute approximate surface area is 149 Å². The minimum absolute atomic E-state index is 0.238. The Balaban J connectivity index is 2.13. The zero-order chi connectivity index (χ0) is 17.5. The topological polar surface area (TPSA) is 92.7 Å². The van der Waals surface area contributed by atoms with Crippen LogP contribution in [0.1, 0.15) is 11.1 Å². The highest BCUT2D eigenvalue weighted by Gasteiger charge is 2.10. The van der Waals surface area contributed by atoms with E-state index in [0.717, 1.165) is 5.56 Å². The normalized spacial score (nSPS) is 10.6. The lowest BCUT2D eigenvalue weighted by molar-refractivity contribution is 0.305. The summed E-state index contributed by atoms with van der Waals surface area (Å²) in [4.78, 5) is 0. The maximum Gasteiger partial charge on any atom is 0.206 e. The molecule has 0 saturated heterocycles. The summed E-state index contributed by atoms with van der Waals surface area (Å²) in [6, 6.07) is 10.7. The molecule has 0 fully saturated rings. The van der Waals surface area contributed by atoms with Crippen LogP contribution in [0.2, 0.25) is 10.0 Å². The fourth-order valence-electron chi connectivity index (χ4n) is 1.89. The van der Waals surface area contributed by atoms with Gasteiger partial charge < -0.3 is 15.2 Å². The summed E-state index contributed by atoms with van der Waals surface area (Å²) in [6.45, 7) is 0.238. The molecule has 2 rings (SSSR count). The van der Waals surface area contributed by atoms with Crippen molar-refractivity contribution in [3.63, 3.8) is 0 Å². The molecule has 0 heterocycles. The van der Waals surface area contributed by atoms with E-state index >= 15 is 0 Å². The summed E-state index contributed by atoms with van der Waals surface area (Å²) < 4.78 is 10.9. The minimum Gasteiger partial charge on any atom is -0.495 e. The molecule has 126 valence electrons. The minimum atomic E-state index is -0.262. The van der Waals surface area contributed by atoms with Crippen LogP contribution in [0.3, 0.4) is 0 Å². The Morgan fingerprint density at radius 2 is 1.92 bits per heavy atom. The summed E-state index contributed by atoms with van der Waals surface area (Å²) in [5.41, 5.74) is 8.88. The van der Waals surface area contributed by atoms with Crippen molar-refractivity contribution in [2.24, 2.45) is 10.8 Å². The van der Waals surface area contributed by atoms with E-state index in [1.165, 1.54) is 6.21 Å². The molecule has 0 aromatic heterocycles. The van der Waals surface area contributed by atoms with Crippen molar-refractivity contribution in [2.45, 2.75) is 6.61 Å². The van der Waals surface area contributed by atoms with E-state index in [1.54, 1.807) is 31.4 Å². The van der Waals surface area contributed by atoms with E-state index in [0.29, 0.717) is 27.1 Å². The highest BCUT2D eigenvalue weighted by Crippen LogP contribution is 2.31. The van der Waals surface area contributed by atoms with Crippen LogP contribution in [0, 0.1) is 5.41 Å². The van der Waals surface area contributed by atoms with Crippen molar-refractivity contribution in [2.75, 3.05) is 7.11 Å². The Hall–Kier alpha value is -2.44. The van der Waals surface area contributed by atoms with E-state index in [1.807, 2.05) is 12.1 Å². The van der Waals surface area contributed by atoms with Crippen molar-refractivity contribution in [1.29, 1.82) is 5.41 Å². The van der Waals surface area contributed by atoms with Gasteiger partial charge in [-0.05, 0) is 12.1 Å². The molecule has 0 spiro atoms. The van der Waals surface area contributed by atoms with Gasteiger partial charge in [-0.1, -0.05) is 47.5 Å². The molecule has 0 amide bonds. The van der Waals surface area contributed by atoms with Crippen LogP contribution in [-0.4, -0.2) is 19.3 Å². The molecule has 0 bridgehead atoms. The van der Waals surface area contributed by atoms with E-state index in [2.05, 4.69) is 10.5 Å². The molecule has 24 heavy (non-hydrogen) atoms. The molecule has 2 aromatic rings. The predicted octanol–water partition coefficient (Wildman–Crippen LogP) is 3.40. The third-order valence-electron chi connectivity index (χ3n) is 3.03. The molecule has 8 heteroatoms. The highest BCUT2D eigenvalue weighted by atomic mass is 35.5. The summed E-state index contributed by atoms with van der Waals surface area (Å²) in [5.74, 6) is 0.810. The van der Waals surface area contributed by atoms with Crippen molar-refractivity contribution in [1.82, 2.24) is 5.43 Å². The standard InChI is InChI=1S/C16H16Cl2N4O2/c1-23-12-6-3-5-11(15(12)18)9-24-13-7-2-4-10(14(13)17)8-21-22-16(19)20/h2-8H,9H2,1H3,(H4,19,20,22)/b21-8+. The van der Waals surface area contributed by atoms with Crippen LogP contribution >= 0.6 is 23.2 Å². The highest BCUT2D eigenvalue weighted by molar-refractivity contribution is 6.34. The van der Waals surface area contributed by atoms with Gasteiger partial charge in [0.1, 0.15) is 18.1 Å². The smallest absolute Gasteiger partial charge is 0.206 e. The Bertz CT molecular complexity index is 766. The molecule has 0 atom stereocenters. The fraction of sp³-hybridized carbons (Fsp3) is 0.125. The first-order valence-electron chi connectivity index (χ1n) is 6.88. The average Bonchev–Trinajstić information content (AvgIpc) is 2.56. The molecular weight excluding hydrogens is 351 g/mol. The molecule has 6 nitrogen and oxygen atoms in total. The third-order valence-corrected chi connectivity index (χ3v) is 3.86. The van der Waals surface area contributed by atoms with Gasteiger partial charge in [0.25, 0.3) is 0 Å². The summed E-state index contributed by atoms with van der Waals surface area (Å²) in [7, 11) is 1.56. The van der Waals surface area contributed by atoms with Crippen LogP contribution in [0.25, 0.3) is 0 Å². The molecule has 0 aliphatic rings. The Morgan fingerprint density at radius 3 is 2.62 bits per heavy atom. The molecular formula is C16H16Cl2N4O2. The number of nitrogens with one attached hydrogen (secondary N) is 2. The predicted molar refractivity (Wildman–Crippen MR) is 96.4 cm³/mol. The van der Waals surface area contributed by atoms with Gasteiger partial charge in [0.05, 0.1) is 23.4 Å². The first kappa shape index (κ1) is 17.9. The maximum atomic E-state index is 7.04. The number of halogens is 2. The first-order valence-corrected chi connectivity index (χ1v) is 7.64. The third kappa shape index (κ3) is 4.53. The van der Waals surface area contributed by atoms with Crippen LogP contribution in [0.15, 0.2) is 41.5 Å². The number of hydrogen-bond acceptors (Lipinski definition) is 4. The Kier molecular flexibility index (Phi) is 6.28. The molecule has 2 aromatic carbocycles. The Morgan fingerprint density at radius 1 is 1.21 bits per heavy atom.